The summed E-state index contributed by atoms with van der Waals surface area (Å²) in [4.78, 5) is 2.20. The third-order valence-electron chi connectivity index (χ3n) is 3.81. The predicted molar refractivity (Wildman–Crippen MR) is 112 cm³/mol. The number of nitrogens with one attached hydrogen (secondary N) is 1. The van der Waals surface area contributed by atoms with Gasteiger partial charge in [-0.1, -0.05) is 12.7 Å². The van der Waals surface area contributed by atoms with Gasteiger partial charge in [0.2, 0.25) is 0 Å². The van der Waals surface area contributed by atoms with E-state index < -0.39 is 10.0 Å². The Morgan fingerprint density at radius 2 is 2.00 bits per heavy atom. The first-order chi connectivity index (χ1) is 13.9. The summed E-state index contributed by atoms with van der Waals surface area (Å²) in [7, 11) is -2.36. The van der Waals surface area contributed by atoms with Crippen molar-refractivity contribution in [3.8, 4) is 23.0 Å². The lowest BCUT2D eigenvalue weighted by Crippen LogP contribution is -2.20. The Hall–Kier alpha value is -2.72. The number of nitrogens with zero attached hydrogens (tertiary/aromatic N) is 1. The van der Waals surface area contributed by atoms with Gasteiger partial charge in [-0.3, -0.25) is 0 Å². The zero-order chi connectivity index (χ0) is 20.9. The van der Waals surface area contributed by atoms with Crippen LogP contribution in [0.25, 0.3) is 0 Å². The van der Waals surface area contributed by atoms with Gasteiger partial charge in [0.1, 0.15) is 19.8 Å². The van der Waals surface area contributed by atoms with Crippen LogP contribution in [0.3, 0.4) is 0 Å². The first-order valence-corrected chi connectivity index (χ1v) is 10.8. The summed E-state index contributed by atoms with van der Waals surface area (Å²) < 4.78 is 47.3. The zero-order valence-electron chi connectivity index (χ0n) is 15.6. The molecular weight excluding hydrogens is 464 g/mol. The molecule has 0 bridgehead atoms. The fourth-order valence-electron chi connectivity index (χ4n) is 2.51. The van der Waals surface area contributed by atoms with Crippen molar-refractivity contribution in [2.75, 3.05) is 26.9 Å². The van der Waals surface area contributed by atoms with Gasteiger partial charge in [-0.25, -0.2) is 4.83 Å². The predicted octanol–water partition coefficient (Wildman–Crippen LogP) is 3.11. The van der Waals surface area contributed by atoms with Gasteiger partial charge in [0.25, 0.3) is 10.0 Å². The molecule has 0 fully saturated rings. The van der Waals surface area contributed by atoms with Crippen LogP contribution in [0.4, 0.5) is 0 Å². The highest BCUT2D eigenvalue weighted by Crippen LogP contribution is 2.36. The second-order valence-corrected chi connectivity index (χ2v) is 8.31. The second kappa shape index (κ2) is 9.19. The fourth-order valence-corrected chi connectivity index (χ4v) is 3.89. The molecule has 8 nitrogen and oxygen atoms in total. The van der Waals surface area contributed by atoms with E-state index in [2.05, 4.69) is 32.4 Å². The van der Waals surface area contributed by atoms with Gasteiger partial charge in [0, 0.05) is 6.07 Å². The Kier molecular flexibility index (Phi) is 6.65. The van der Waals surface area contributed by atoms with Crippen molar-refractivity contribution in [3.05, 3.63) is 53.0 Å². The highest BCUT2D eigenvalue weighted by Gasteiger charge is 2.19. The molecule has 2 aromatic rings. The van der Waals surface area contributed by atoms with Gasteiger partial charge in [0.15, 0.2) is 23.0 Å². The fraction of sp³-hybridized carbons (Fsp3) is 0.211. The standard InChI is InChI=1S/C19H19BrN2O6S/c1-3-6-28-19-15(20)9-13(10-18(19)25-2)12-21-22-29(23,24)14-4-5-16-17(11-14)27-8-7-26-16/h3-5,9-12,22H,1,6-8H2,2H3/b21-12-. The maximum absolute atomic E-state index is 12.5. The van der Waals surface area contributed by atoms with Gasteiger partial charge >= 0.3 is 0 Å². The molecule has 0 aromatic heterocycles. The summed E-state index contributed by atoms with van der Waals surface area (Å²) >= 11 is 3.41. The van der Waals surface area contributed by atoms with Crippen LogP contribution in [-0.4, -0.2) is 41.6 Å². The van der Waals surface area contributed by atoms with E-state index in [9.17, 15) is 8.42 Å². The Balaban J connectivity index is 1.76. The summed E-state index contributed by atoms with van der Waals surface area (Å²) in [5, 5.41) is 3.84. The van der Waals surface area contributed by atoms with E-state index in [1.165, 1.54) is 25.5 Å². The number of hydrazone groups is 1. The number of hydrogen-bond acceptors (Lipinski definition) is 7. The molecule has 0 saturated carbocycles. The minimum Gasteiger partial charge on any atom is -0.493 e. The van der Waals surface area contributed by atoms with Gasteiger partial charge in [0.05, 0.1) is 22.7 Å². The zero-order valence-corrected chi connectivity index (χ0v) is 18.0. The molecule has 0 spiro atoms. The van der Waals surface area contributed by atoms with E-state index in [1.54, 1.807) is 24.3 Å². The number of methoxy groups -OCH3 is 1. The maximum atomic E-state index is 12.5. The van der Waals surface area contributed by atoms with Crippen LogP contribution < -0.4 is 23.8 Å². The molecule has 3 rings (SSSR count). The Labute approximate surface area is 177 Å². The molecule has 2 aromatic carbocycles. The molecule has 1 aliphatic rings. The van der Waals surface area contributed by atoms with Crippen LogP contribution in [0, 0.1) is 0 Å². The SMILES string of the molecule is C=CCOc1c(Br)cc(/C=N\NS(=O)(=O)c2ccc3c(c2)OCCO3)cc1OC. The first kappa shape index (κ1) is 21.0. The summed E-state index contributed by atoms with van der Waals surface area (Å²) in [5.74, 6) is 1.88. The molecule has 10 heteroatoms. The molecule has 0 radical (unpaired) electrons. The number of rotatable bonds is 8. The molecule has 1 aliphatic heterocycles. The monoisotopic (exact) mass is 482 g/mol. The number of sulfonamides is 1. The van der Waals surface area contributed by atoms with E-state index in [1.807, 2.05) is 0 Å². The normalized spacial score (nSPS) is 13.2. The van der Waals surface area contributed by atoms with Gasteiger partial charge in [-0.05, 0) is 45.8 Å². The van der Waals surface area contributed by atoms with Crippen LogP contribution in [0.15, 0.2) is 57.5 Å². The molecule has 0 atom stereocenters. The van der Waals surface area contributed by atoms with Crippen LogP contribution in [-0.2, 0) is 10.0 Å². The van der Waals surface area contributed by atoms with E-state index in [-0.39, 0.29) is 4.90 Å². The smallest absolute Gasteiger partial charge is 0.276 e. The van der Waals surface area contributed by atoms with Crippen LogP contribution in [0.5, 0.6) is 23.0 Å². The molecule has 0 aliphatic carbocycles. The summed E-state index contributed by atoms with van der Waals surface area (Å²) in [6.07, 6.45) is 2.98. The van der Waals surface area contributed by atoms with Crippen molar-refractivity contribution in [2.24, 2.45) is 5.10 Å². The average Bonchev–Trinajstić information content (AvgIpc) is 2.72. The van der Waals surface area contributed by atoms with E-state index in [0.717, 1.165) is 0 Å². The largest absolute Gasteiger partial charge is 0.493 e. The van der Waals surface area contributed by atoms with Crippen molar-refractivity contribution in [1.29, 1.82) is 0 Å². The molecule has 0 saturated heterocycles. The highest BCUT2D eigenvalue weighted by molar-refractivity contribution is 9.10. The third-order valence-corrected chi connectivity index (χ3v) is 5.62. The van der Waals surface area contributed by atoms with Gasteiger partial charge < -0.3 is 18.9 Å². The summed E-state index contributed by atoms with van der Waals surface area (Å²) in [6.45, 7) is 4.72. The number of fused-ring (bicyclic) bond motifs is 1. The highest BCUT2D eigenvalue weighted by atomic mass is 79.9. The van der Waals surface area contributed by atoms with Crippen LogP contribution in [0.2, 0.25) is 0 Å². The van der Waals surface area contributed by atoms with Crippen LogP contribution in [0.1, 0.15) is 5.56 Å². The average molecular weight is 483 g/mol. The molecule has 1 N–H and O–H groups in total. The summed E-state index contributed by atoms with van der Waals surface area (Å²) in [6, 6.07) is 7.78. The Bertz CT molecular complexity index is 1040. The van der Waals surface area contributed by atoms with Gasteiger partial charge in [-0.2, -0.15) is 13.5 Å². The first-order valence-electron chi connectivity index (χ1n) is 8.50. The maximum Gasteiger partial charge on any atom is 0.276 e. The van der Waals surface area contributed by atoms with Gasteiger partial charge in [-0.15, -0.1) is 0 Å². The van der Waals surface area contributed by atoms with E-state index >= 15 is 0 Å². The lowest BCUT2D eigenvalue weighted by Gasteiger charge is -2.18. The Morgan fingerprint density at radius 1 is 1.24 bits per heavy atom. The number of halogens is 1. The summed E-state index contributed by atoms with van der Waals surface area (Å²) in [5.41, 5.74) is 0.601. The number of hydrogen-bond donors (Lipinski definition) is 1. The molecule has 1 heterocycles. The number of benzene rings is 2. The van der Waals surface area contributed by atoms with Crippen molar-refractivity contribution in [1.82, 2.24) is 4.83 Å². The Morgan fingerprint density at radius 3 is 2.72 bits per heavy atom. The van der Waals surface area contributed by atoms with E-state index in [4.69, 9.17) is 18.9 Å². The topological polar surface area (TPSA) is 95.5 Å². The van der Waals surface area contributed by atoms with Crippen molar-refractivity contribution >= 4 is 32.2 Å². The molecular formula is C19H19BrN2O6S. The quantitative estimate of drug-likeness (QED) is 0.352. The minimum atomic E-state index is -3.87. The van der Waals surface area contributed by atoms with Crippen LogP contribution >= 0.6 is 15.9 Å². The molecule has 154 valence electrons. The molecule has 29 heavy (non-hydrogen) atoms. The van der Waals surface area contributed by atoms with Crippen molar-refractivity contribution in [3.63, 3.8) is 0 Å². The number of ether oxygens (including phenoxy) is 4. The molecule has 0 unspecified atom stereocenters. The van der Waals surface area contributed by atoms with Crippen molar-refractivity contribution in [2.45, 2.75) is 4.90 Å². The third kappa shape index (κ3) is 5.01. The minimum absolute atomic E-state index is 0.0193. The second-order valence-electron chi connectivity index (χ2n) is 5.79. The van der Waals surface area contributed by atoms with Crippen molar-refractivity contribution < 1.29 is 27.4 Å². The molecule has 0 amide bonds. The lowest BCUT2D eigenvalue weighted by molar-refractivity contribution is 0.171. The van der Waals surface area contributed by atoms with E-state index in [0.29, 0.717) is 52.9 Å². The lowest BCUT2D eigenvalue weighted by atomic mass is 10.2.